The van der Waals surface area contributed by atoms with Crippen LogP contribution < -0.4 is 5.32 Å². The van der Waals surface area contributed by atoms with Crippen LogP contribution in [0.3, 0.4) is 0 Å². The number of sulfonamides is 1. The molecule has 110 valence electrons. The highest BCUT2D eigenvalue weighted by Gasteiger charge is 2.34. The van der Waals surface area contributed by atoms with Crippen molar-refractivity contribution < 1.29 is 8.42 Å². The zero-order chi connectivity index (χ0) is 13.3. The number of nitrogens with one attached hydrogen (secondary N) is 1. The van der Waals surface area contributed by atoms with Crippen LogP contribution in [0.4, 0.5) is 0 Å². The van der Waals surface area contributed by atoms with Crippen molar-refractivity contribution in [3.63, 3.8) is 0 Å². The summed E-state index contributed by atoms with van der Waals surface area (Å²) < 4.78 is 26.6. The van der Waals surface area contributed by atoms with Crippen LogP contribution in [0.15, 0.2) is 0 Å². The van der Waals surface area contributed by atoms with Gasteiger partial charge < -0.3 is 5.32 Å². The first-order chi connectivity index (χ1) is 9.13. The first kappa shape index (κ1) is 13.8. The predicted octanol–water partition coefficient (Wildman–Crippen LogP) is 1.58. The van der Waals surface area contributed by atoms with E-state index in [0.717, 1.165) is 26.1 Å². The molecule has 0 aromatic carbocycles. The number of rotatable bonds is 10. The summed E-state index contributed by atoms with van der Waals surface area (Å²) in [6.07, 6.45) is 8.18. The Hall–Kier alpha value is -0.130. The second kappa shape index (κ2) is 5.70. The Balaban J connectivity index is 1.45. The Labute approximate surface area is 117 Å². The lowest BCUT2D eigenvalue weighted by Gasteiger charge is -2.22. The van der Waals surface area contributed by atoms with E-state index in [4.69, 9.17) is 0 Å². The van der Waals surface area contributed by atoms with Gasteiger partial charge in [0.15, 0.2) is 0 Å². The van der Waals surface area contributed by atoms with Gasteiger partial charge >= 0.3 is 0 Å². The van der Waals surface area contributed by atoms with Gasteiger partial charge in [0.1, 0.15) is 0 Å². The van der Waals surface area contributed by atoms with Crippen LogP contribution in [0.2, 0.25) is 0 Å². The summed E-state index contributed by atoms with van der Waals surface area (Å²) in [5.41, 5.74) is 0. The Bertz CT molecular complexity index is 384. The Kier molecular flexibility index (Phi) is 4.15. The van der Waals surface area contributed by atoms with Crippen molar-refractivity contribution in [3.05, 3.63) is 0 Å². The molecule has 0 spiro atoms. The van der Waals surface area contributed by atoms with Gasteiger partial charge in [-0.3, -0.25) is 0 Å². The minimum absolute atomic E-state index is 0.326. The summed E-state index contributed by atoms with van der Waals surface area (Å²) in [4.78, 5) is 0. The molecule has 5 heteroatoms. The van der Waals surface area contributed by atoms with E-state index in [1.807, 2.05) is 0 Å². The van der Waals surface area contributed by atoms with Gasteiger partial charge in [-0.2, -0.15) is 0 Å². The van der Waals surface area contributed by atoms with Gasteiger partial charge in [0.05, 0.1) is 5.75 Å². The minimum Gasteiger partial charge on any atom is -0.314 e. The second-order valence-corrected chi connectivity index (χ2v) is 8.69. The molecule has 3 aliphatic rings. The highest BCUT2D eigenvalue weighted by atomic mass is 32.2. The van der Waals surface area contributed by atoms with E-state index in [1.165, 1.54) is 38.5 Å². The van der Waals surface area contributed by atoms with Crippen LogP contribution in [-0.2, 0) is 10.0 Å². The molecule has 0 aliphatic heterocycles. The molecule has 0 heterocycles. The van der Waals surface area contributed by atoms with Crippen LogP contribution in [0.5, 0.6) is 0 Å². The van der Waals surface area contributed by atoms with E-state index in [-0.39, 0.29) is 0 Å². The van der Waals surface area contributed by atoms with Crippen LogP contribution in [0.25, 0.3) is 0 Å². The molecule has 3 aliphatic carbocycles. The minimum atomic E-state index is -3.02. The maximum atomic E-state index is 12.4. The van der Waals surface area contributed by atoms with Gasteiger partial charge in [-0.1, -0.05) is 0 Å². The van der Waals surface area contributed by atoms with Crippen LogP contribution in [-0.4, -0.2) is 44.2 Å². The molecule has 0 saturated heterocycles. The van der Waals surface area contributed by atoms with E-state index in [0.29, 0.717) is 23.6 Å². The molecule has 0 radical (unpaired) electrons. The molecule has 0 aromatic rings. The largest absolute Gasteiger partial charge is 0.314 e. The highest BCUT2D eigenvalue weighted by Crippen LogP contribution is 2.34. The van der Waals surface area contributed by atoms with Crippen molar-refractivity contribution in [1.29, 1.82) is 0 Å². The van der Waals surface area contributed by atoms with E-state index >= 15 is 0 Å². The molecule has 19 heavy (non-hydrogen) atoms. The lowest BCUT2D eigenvalue weighted by Crippen LogP contribution is -2.37. The summed E-state index contributed by atoms with van der Waals surface area (Å²) in [6, 6.07) is 0.678. The van der Waals surface area contributed by atoms with Crippen molar-refractivity contribution in [2.75, 3.05) is 25.4 Å². The van der Waals surface area contributed by atoms with Crippen molar-refractivity contribution in [1.82, 2.24) is 9.62 Å². The molecule has 3 rings (SSSR count). The van der Waals surface area contributed by atoms with E-state index in [2.05, 4.69) is 5.32 Å². The second-order valence-electron chi connectivity index (χ2n) is 6.60. The molecule has 3 saturated carbocycles. The normalized spacial score (nSPS) is 24.1. The number of nitrogens with zero attached hydrogens (tertiary/aromatic N) is 1. The monoisotopic (exact) mass is 286 g/mol. The summed E-state index contributed by atoms with van der Waals surface area (Å²) in [6.45, 7) is 2.42. The molecular formula is C14H26N2O2S. The zero-order valence-corrected chi connectivity index (χ0v) is 12.5. The summed E-state index contributed by atoms with van der Waals surface area (Å²) in [7, 11) is -3.02. The predicted molar refractivity (Wildman–Crippen MR) is 76.4 cm³/mol. The van der Waals surface area contributed by atoms with Gasteiger partial charge in [-0.25, -0.2) is 12.7 Å². The molecule has 0 amide bonds. The SMILES string of the molecule is O=S(=O)(CCCNC1CC1)N(CC1CC1)CC1CC1. The number of hydrogen-bond donors (Lipinski definition) is 1. The lowest BCUT2D eigenvalue weighted by atomic mass is 10.4. The quantitative estimate of drug-likeness (QED) is 0.620. The Morgan fingerprint density at radius 2 is 1.53 bits per heavy atom. The van der Waals surface area contributed by atoms with Crippen molar-refractivity contribution in [2.24, 2.45) is 11.8 Å². The third kappa shape index (κ3) is 4.72. The van der Waals surface area contributed by atoms with Crippen molar-refractivity contribution >= 4 is 10.0 Å². The molecule has 3 fully saturated rings. The fourth-order valence-electron chi connectivity index (χ4n) is 2.46. The van der Waals surface area contributed by atoms with Gasteiger partial charge in [0, 0.05) is 19.1 Å². The molecule has 0 atom stereocenters. The average molecular weight is 286 g/mol. The third-order valence-corrected chi connectivity index (χ3v) is 6.19. The lowest BCUT2D eigenvalue weighted by molar-refractivity contribution is 0.381. The third-order valence-electron chi connectivity index (χ3n) is 4.30. The fraction of sp³-hybridized carbons (Fsp3) is 1.00. The summed E-state index contributed by atoms with van der Waals surface area (Å²) in [5, 5.41) is 3.39. The van der Waals surface area contributed by atoms with Gasteiger partial charge in [0.2, 0.25) is 10.0 Å². The Morgan fingerprint density at radius 3 is 2.00 bits per heavy atom. The molecule has 1 N–H and O–H groups in total. The van der Waals surface area contributed by atoms with Gasteiger partial charge in [-0.15, -0.1) is 0 Å². The van der Waals surface area contributed by atoms with Crippen molar-refractivity contribution in [3.8, 4) is 0 Å². The molecular weight excluding hydrogens is 260 g/mol. The van der Waals surface area contributed by atoms with Crippen LogP contribution >= 0.6 is 0 Å². The number of hydrogen-bond acceptors (Lipinski definition) is 3. The average Bonchev–Trinajstić information content (AvgIpc) is 3.23. The first-order valence-electron chi connectivity index (χ1n) is 7.85. The molecule has 0 bridgehead atoms. The maximum Gasteiger partial charge on any atom is 0.214 e. The Morgan fingerprint density at radius 1 is 0.947 bits per heavy atom. The fourth-order valence-corrected chi connectivity index (χ4v) is 4.10. The highest BCUT2D eigenvalue weighted by molar-refractivity contribution is 7.89. The zero-order valence-electron chi connectivity index (χ0n) is 11.7. The standard InChI is InChI=1S/C14H26N2O2S/c17-19(18,9-1-8-15-14-6-7-14)16(10-12-2-3-12)11-13-4-5-13/h12-15H,1-11H2. The first-order valence-corrected chi connectivity index (χ1v) is 9.45. The smallest absolute Gasteiger partial charge is 0.214 e. The summed E-state index contributed by atoms with van der Waals surface area (Å²) >= 11 is 0. The topological polar surface area (TPSA) is 49.4 Å². The van der Waals surface area contributed by atoms with Crippen molar-refractivity contribution in [2.45, 2.75) is 51.0 Å². The van der Waals surface area contributed by atoms with E-state index < -0.39 is 10.0 Å². The van der Waals surface area contributed by atoms with Gasteiger partial charge in [0.25, 0.3) is 0 Å². The summed E-state index contributed by atoms with van der Waals surface area (Å²) in [5.74, 6) is 1.63. The maximum absolute atomic E-state index is 12.4. The molecule has 0 unspecified atom stereocenters. The molecule has 4 nitrogen and oxygen atoms in total. The van der Waals surface area contributed by atoms with Gasteiger partial charge in [-0.05, 0) is 63.3 Å². The molecule has 0 aromatic heterocycles. The van der Waals surface area contributed by atoms with Crippen LogP contribution in [0, 0.1) is 11.8 Å². The van der Waals surface area contributed by atoms with E-state index in [1.54, 1.807) is 4.31 Å². The van der Waals surface area contributed by atoms with E-state index in [9.17, 15) is 8.42 Å². The van der Waals surface area contributed by atoms with Crippen LogP contribution in [0.1, 0.15) is 44.9 Å².